The second kappa shape index (κ2) is 8.40. The van der Waals surface area contributed by atoms with E-state index in [-0.39, 0.29) is 18.5 Å². The molecule has 4 heteroatoms. The number of ether oxygens (including phenoxy) is 1. The lowest BCUT2D eigenvalue weighted by Crippen LogP contribution is -2.34. The quantitative estimate of drug-likeness (QED) is 0.710. The van der Waals surface area contributed by atoms with Gasteiger partial charge < -0.3 is 15.4 Å². The lowest BCUT2D eigenvalue weighted by molar-refractivity contribution is -0.119. The molecule has 0 fully saturated rings. The Balaban J connectivity index is 2.50. The van der Waals surface area contributed by atoms with Gasteiger partial charge in [0.15, 0.2) is 0 Å². The van der Waals surface area contributed by atoms with Gasteiger partial charge >= 0.3 is 0 Å². The van der Waals surface area contributed by atoms with Crippen molar-refractivity contribution < 1.29 is 9.53 Å². The van der Waals surface area contributed by atoms with E-state index in [9.17, 15) is 4.79 Å². The maximum atomic E-state index is 11.6. The maximum absolute atomic E-state index is 11.6. The highest BCUT2D eigenvalue weighted by molar-refractivity contribution is 5.81. The van der Waals surface area contributed by atoms with Crippen molar-refractivity contribution in [3.63, 3.8) is 0 Å². The van der Waals surface area contributed by atoms with Crippen LogP contribution in [0.1, 0.15) is 33.6 Å². The summed E-state index contributed by atoms with van der Waals surface area (Å²) in [5.74, 6) is 0.784. The molecule has 1 rings (SSSR count). The van der Waals surface area contributed by atoms with Gasteiger partial charge in [0.25, 0.3) is 0 Å². The maximum Gasteiger partial charge on any atom is 0.239 e. The van der Waals surface area contributed by atoms with Gasteiger partial charge in [0.05, 0.1) is 18.8 Å². The van der Waals surface area contributed by atoms with Crippen LogP contribution in [0.15, 0.2) is 24.3 Å². The Kier molecular flexibility index (Phi) is 6.79. The van der Waals surface area contributed by atoms with E-state index in [0.717, 1.165) is 24.3 Å². The molecule has 0 heterocycles. The van der Waals surface area contributed by atoms with E-state index in [1.54, 1.807) is 0 Å². The van der Waals surface area contributed by atoms with Crippen molar-refractivity contribution in [1.29, 1.82) is 0 Å². The van der Waals surface area contributed by atoms with Crippen molar-refractivity contribution in [2.75, 3.05) is 18.5 Å². The summed E-state index contributed by atoms with van der Waals surface area (Å²) in [6.45, 7) is 6.98. The van der Waals surface area contributed by atoms with E-state index >= 15 is 0 Å². The Morgan fingerprint density at radius 2 is 2.05 bits per heavy atom. The highest BCUT2D eigenvalue weighted by Gasteiger charge is 2.06. The topological polar surface area (TPSA) is 50.4 Å². The molecule has 1 aromatic carbocycles. The van der Waals surface area contributed by atoms with Crippen LogP contribution in [0.4, 0.5) is 5.69 Å². The summed E-state index contributed by atoms with van der Waals surface area (Å²) in [5, 5.41) is 5.95. The summed E-state index contributed by atoms with van der Waals surface area (Å²) in [5.41, 5.74) is 0.859. The summed E-state index contributed by atoms with van der Waals surface area (Å²) in [4.78, 5) is 11.6. The molecule has 0 saturated heterocycles. The van der Waals surface area contributed by atoms with E-state index in [4.69, 9.17) is 4.74 Å². The Morgan fingerprint density at radius 1 is 1.32 bits per heavy atom. The van der Waals surface area contributed by atoms with Crippen molar-refractivity contribution in [1.82, 2.24) is 5.32 Å². The van der Waals surface area contributed by atoms with Gasteiger partial charge in [-0.2, -0.15) is 0 Å². The fraction of sp³-hybridized carbons (Fsp3) is 0.533. The molecule has 0 unspecified atom stereocenters. The predicted octanol–water partition coefficient (Wildman–Crippen LogP) is 2.80. The summed E-state index contributed by atoms with van der Waals surface area (Å²) in [6, 6.07) is 7.85. The Morgan fingerprint density at radius 3 is 2.74 bits per heavy atom. The SMILES string of the molecule is CCCCOc1ccccc1NCC(=O)NC(C)C. The van der Waals surface area contributed by atoms with Gasteiger partial charge in [-0.1, -0.05) is 25.5 Å². The third-order valence-corrected chi connectivity index (χ3v) is 2.53. The van der Waals surface area contributed by atoms with E-state index < -0.39 is 0 Å². The van der Waals surface area contributed by atoms with Crippen LogP contribution in [0.25, 0.3) is 0 Å². The number of carbonyl (C=O) groups is 1. The fourth-order valence-electron chi connectivity index (χ4n) is 1.61. The van der Waals surface area contributed by atoms with Crippen LogP contribution in [-0.4, -0.2) is 25.1 Å². The van der Waals surface area contributed by atoms with Gasteiger partial charge in [-0.3, -0.25) is 4.79 Å². The average molecular weight is 264 g/mol. The van der Waals surface area contributed by atoms with E-state index in [2.05, 4.69) is 17.6 Å². The van der Waals surface area contributed by atoms with E-state index in [1.165, 1.54) is 0 Å². The van der Waals surface area contributed by atoms with Gasteiger partial charge in [-0.25, -0.2) is 0 Å². The van der Waals surface area contributed by atoms with Crippen LogP contribution in [-0.2, 0) is 4.79 Å². The second-order valence-electron chi connectivity index (χ2n) is 4.77. The molecule has 106 valence electrons. The lowest BCUT2D eigenvalue weighted by atomic mass is 10.3. The Bertz CT molecular complexity index is 391. The molecular formula is C15H24N2O2. The molecule has 19 heavy (non-hydrogen) atoms. The number of unbranched alkanes of at least 4 members (excludes halogenated alkanes) is 1. The highest BCUT2D eigenvalue weighted by Crippen LogP contribution is 2.23. The van der Waals surface area contributed by atoms with Crippen molar-refractivity contribution in [2.45, 2.75) is 39.7 Å². The standard InChI is InChI=1S/C15H24N2O2/c1-4-5-10-19-14-9-7-6-8-13(14)16-11-15(18)17-12(2)3/h6-9,12,16H,4-5,10-11H2,1-3H3,(H,17,18). The number of rotatable bonds is 8. The van der Waals surface area contributed by atoms with Crippen LogP contribution >= 0.6 is 0 Å². The van der Waals surface area contributed by atoms with Crippen LogP contribution in [0.2, 0.25) is 0 Å². The molecule has 0 atom stereocenters. The van der Waals surface area contributed by atoms with Crippen molar-refractivity contribution in [3.8, 4) is 5.75 Å². The molecular weight excluding hydrogens is 240 g/mol. The molecule has 0 aliphatic heterocycles. The predicted molar refractivity (Wildman–Crippen MR) is 78.6 cm³/mol. The van der Waals surface area contributed by atoms with Crippen molar-refractivity contribution >= 4 is 11.6 Å². The number of nitrogens with one attached hydrogen (secondary N) is 2. The molecule has 0 aliphatic rings. The molecule has 2 N–H and O–H groups in total. The van der Waals surface area contributed by atoms with Crippen LogP contribution in [0, 0.1) is 0 Å². The molecule has 1 aromatic rings. The molecule has 0 bridgehead atoms. The number of carbonyl (C=O) groups excluding carboxylic acids is 1. The number of benzene rings is 1. The van der Waals surface area contributed by atoms with Gasteiger partial charge in [-0.05, 0) is 32.4 Å². The zero-order chi connectivity index (χ0) is 14.1. The number of anilines is 1. The molecule has 0 spiro atoms. The number of amides is 1. The van der Waals surface area contributed by atoms with Crippen molar-refractivity contribution in [3.05, 3.63) is 24.3 Å². The molecule has 1 amide bonds. The first-order valence-corrected chi connectivity index (χ1v) is 6.88. The summed E-state index contributed by atoms with van der Waals surface area (Å²) in [7, 11) is 0. The summed E-state index contributed by atoms with van der Waals surface area (Å²) >= 11 is 0. The van der Waals surface area contributed by atoms with Gasteiger partial charge in [0.2, 0.25) is 5.91 Å². The van der Waals surface area contributed by atoms with Crippen LogP contribution in [0.5, 0.6) is 5.75 Å². The highest BCUT2D eigenvalue weighted by atomic mass is 16.5. The third kappa shape index (κ3) is 6.13. The van der Waals surface area contributed by atoms with Crippen LogP contribution < -0.4 is 15.4 Å². The third-order valence-electron chi connectivity index (χ3n) is 2.53. The first-order valence-electron chi connectivity index (χ1n) is 6.88. The minimum atomic E-state index is -0.0154. The number of hydrogen-bond acceptors (Lipinski definition) is 3. The summed E-state index contributed by atoms with van der Waals surface area (Å²) < 4.78 is 5.70. The van der Waals surface area contributed by atoms with Gasteiger partial charge in [0, 0.05) is 6.04 Å². The normalized spacial score (nSPS) is 10.3. The lowest BCUT2D eigenvalue weighted by Gasteiger charge is -2.14. The minimum Gasteiger partial charge on any atom is -0.491 e. The Hall–Kier alpha value is -1.71. The monoisotopic (exact) mass is 264 g/mol. The second-order valence-corrected chi connectivity index (χ2v) is 4.77. The number of hydrogen-bond donors (Lipinski definition) is 2. The fourth-order valence-corrected chi connectivity index (χ4v) is 1.61. The van der Waals surface area contributed by atoms with E-state index in [1.807, 2.05) is 38.1 Å². The first-order chi connectivity index (χ1) is 9.13. The Labute approximate surface area is 115 Å². The molecule has 0 aromatic heterocycles. The molecule has 0 radical (unpaired) electrons. The molecule has 0 saturated carbocycles. The van der Waals surface area contributed by atoms with E-state index in [0.29, 0.717) is 6.61 Å². The van der Waals surface area contributed by atoms with Gasteiger partial charge in [-0.15, -0.1) is 0 Å². The number of para-hydroxylation sites is 2. The average Bonchev–Trinajstić information content (AvgIpc) is 2.37. The summed E-state index contributed by atoms with van der Waals surface area (Å²) in [6.07, 6.45) is 2.13. The zero-order valence-electron chi connectivity index (χ0n) is 12.0. The van der Waals surface area contributed by atoms with Gasteiger partial charge in [0.1, 0.15) is 5.75 Å². The smallest absolute Gasteiger partial charge is 0.239 e. The van der Waals surface area contributed by atoms with Crippen molar-refractivity contribution in [2.24, 2.45) is 0 Å². The first kappa shape index (κ1) is 15.3. The minimum absolute atomic E-state index is 0.0154. The zero-order valence-corrected chi connectivity index (χ0v) is 12.0. The largest absolute Gasteiger partial charge is 0.491 e. The molecule has 4 nitrogen and oxygen atoms in total. The van der Waals surface area contributed by atoms with Crippen LogP contribution in [0.3, 0.4) is 0 Å². The molecule has 0 aliphatic carbocycles.